The van der Waals surface area contributed by atoms with E-state index < -0.39 is 9.84 Å². The van der Waals surface area contributed by atoms with Crippen molar-refractivity contribution in [1.29, 1.82) is 0 Å². The van der Waals surface area contributed by atoms with Gasteiger partial charge in [0, 0.05) is 31.2 Å². The van der Waals surface area contributed by atoms with Gasteiger partial charge in [0.1, 0.15) is 9.84 Å². The van der Waals surface area contributed by atoms with Crippen molar-refractivity contribution in [2.45, 2.75) is 65.1 Å². The number of piperazine rings is 1. The molecule has 1 N–H and O–H groups in total. The van der Waals surface area contributed by atoms with Crippen molar-refractivity contribution < 1.29 is 8.42 Å². The molecule has 4 nitrogen and oxygen atoms in total. The Hall–Kier alpha value is -0.130. The molecule has 2 rings (SSSR count). The highest BCUT2D eigenvalue weighted by atomic mass is 32.2. The molecular formula is C15H30N2O2S. The zero-order valence-corrected chi connectivity index (χ0v) is 14.2. The van der Waals surface area contributed by atoms with Crippen LogP contribution in [0.1, 0.15) is 47.0 Å². The van der Waals surface area contributed by atoms with Crippen molar-refractivity contribution in [3.8, 4) is 0 Å². The number of nitrogens with zero attached hydrogens (tertiary/aromatic N) is 1. The second-order valence-corrected chi connectivity index (χ2v) is 9.77. The molecule has 0 aliphatic carbocycles. The first-order valence-electron chi connectivity index (χ1n) is 7.92. The van der Waals surface area contributed by atoms with Gasteiger partial charge in [-0.3, -0.25) is 4.90 Å². The first kappa shape index (κ1) is 16.2. The van der Waals surface area contributed by atoms with E-state index in [-0.39, 0.29) is 5.41 Å². The van der Waals surface area contributed by atoms with Gasteiger partial charge < -0.3 is 5.32 Å². The standard InChI is InChI=1S/C15H30N2O2S/c1-5-12-10-16-14(15(2,3)4)11-17(12)13-6-8-20(18,19)9-7-13/h12-14,16H,5-11H2,1-4H3. The molecule has 0 spiro atoms. The number of hydrogen-bond donors (Lipinski definition) is 1. The molecule has 0 aromatic carbocycles. The van der Waals surface area contributed by atoms with Crippen LogP contribution in [0.4, 0.5) is 0 Å². The molecule has 0 bridgehead atoms. The topological polar surface area (TPSA) is 49.4 Å². The second kappa shape index (κ2) is 5.93. The smallest absolute Gasteiger partial charge is 0.150 e. The predicted molar refractivity (Wildman–Crippen MR) is 83.7 cm³/mol. The Kier molecular flexibility index (Phi) is 4.82. The first-order chi connectivity index (χ1) is 9.23. The van der Waals surface area contributed by atoms with Crippen molar-refractivity contribution in [2.75, 3.05) is 24.6 Å². The van der Waals surface area contributed by atoms with Crippen LogP contribution in [0.5, 0.6) is 0 Å². The van der Waals surface area contributed by atoms with Crippen molar-refractivity contribution in [3.63, 3.8) is 0 Å². The van der Waals surface area contributed by atoms with E-state index in [0.717, 1.165) is 32.4 Å². The molecule has 0 aromatic heterocycles. The molecule has 0 saturated carbocycles. The Bertz CT molecular complexity index is 414. The molecule has 0 radical (unpaired) electrons. The maximum absolute atomic E-state index is 11.6. The fourth-order valence-electron chi connectivity index (χ4n) is 3.44. The average molecular weight is 302 g/mol. The van der Waals surface area contributed by atoms with E-state index >= 15 is 0 Å². The van der Waals surface area contributed by atoms with E-state index in [1.165, 1.54) is 0 Å². The predicted octanol–water partition coefficient (Wildman–Crippen LogP) is 1.66. The van der Waals surface area contributed by atoms with E-state index in [2.05, 4.69) is 37.9 Å². The quantitative estimate of drug-likeness (QED) is 0.843. The molecule has 5 heteroatoms. The fourth-order valence-corrected chi connectivity index (χ4v) is 4.90. The van der Waals surface area contributed by atoms with Crippen LogP contribution in [0.3, 0.4) is 0 Å². The zero-order valence-electron chi connectivity index (χ0n) is 13.4. The summed E-state index contributed by atoms with van der Waals surface area (Å²) in [5, 5.41) is 3.69. The lowest BCUT2D eigenvalue weighted by Gasteiger charge is -2.48. The Labute approximate surface area is 124 Å². The van der Waals surface area contributed by atoms with Gasteiger partial charge >= 0.3 is 0 Å². The molecule has 2 unspecified atom stereocenters. The second-order valence-electron chi connectivity index (χ2n) is 7.47. The average Bonchev–Trinajstić information content (AvgIpc) is 2.37. The maximum atomic E-state index is 11.6. The third-order valence-electron chi connectivity index (χ3n) is 4.97. The Balaban J connectivity index is 2.06. The number of rotatable bonds is 2. The minimum atomic E-state index is -2.76. The molecular weight excluding hydrogens is 272 g/mol. The monoisotopic (exact) mass is 302 g/mol. The fraction of sp³-hybridized carbons (Fsp3) is 1.00. The largest absolute Gasteiger partial charge is 0.311 e. The summed E-state index contributed by atoms with van der Waals surface area (Å²) >= 11 is 0. The normalized spacial score (nSPS) is 33.2. The van der Waals surface area contributed by atoms with Gasteiger partial charge in [-0.25, -0.2) is 8.42 Å². The van der Waals surface area contributed by atoms with Crippen LogP contribution >= 0.6 is 0 Å². The van der Waals surface area contributed by atoms with E-state index in [1.54, 1.807) is 0 Å². The Morgan fingerprint density at radius 2 is 1.80 bits per heavy atom. The number of sulfone groups is 1. The van der Waals surface area contributed by atoms with Crippen LogP contribution in [-0.2, 0) is 9.84 Å². The summed E-state index contributed by atoms with van der Waals surface area (Å²) in [6.07, 6.45) is 2.76. The van der Waals surface area contributed by atoms with Crippen LogP contribution in [0.15, 0.2) is 0 Å². The molecule has 2 aliphatic rings. The van der Waals surface area contributed by atoms with Crippen molar-refractivity contribution in [1.82, 2.24) is 10.2 Å². The van der Waals surface area contributed by atoms with Crippen LogP contribution in [0.25, 0.3) is 0 Å². The highest BCUT2D eigenvalue weighted by molar-refractivity contribution is 7.91. The zero-order chi connectivity index (χ0) is 15.0. The summed E-state index contributed by atoms with van der Waals surface area (Å²) in [5.41, 5.74) is 0.248. The lowest BCUT2D eigenvalue weighted by Crippen LogP contribution is -2.63. The summed E-state index contributed by atoms with van der Waals surface area (Å²) in [6, 6.07) is 1.50. The molecule has 2 heterocycles. The van der Waals surface area contributed by atoms with Crippen molar-refractivity contribution in [2.24, 2.45) is 5.41 Å². The number of nitrogens with one attached hydrogen (secondary N) is 1. The molecule has 20 heavy (non-hydrogen) atoms. The maximum Gasteiger partial charge on any atom is 0.150 e. The van der Waals surface area contributed by atoms with Gasteiger partial charge in [-0.2, -0.15) is 0 Å². The minimum Gasteiger partial charge on any atom is -0.311 e. The van der Waals surface area contributed by atoms with Crippen LogP contribution in [0, 0.1) is 5.41 Å². The summed E-state index contributed by atoms with van der Waals surface area (Å²) in [7, 11) is -2.76. The summed E-state index contributed by atoms with van der Waals surface area (Å²) in [6.45, 7) is 11.1. The highest BCUT2D eigenvalue weighted by Gasteiger charge is 2.38. The lowest BCUT2D eigenvalue weighted by molar-refractivity contribution is 0.0437. The van der Waals surface area contributed by atoms with Gasteiger partial charge in [0.05, 0.1) is 11.5 Å². The van der Waals surface area contributed by atoms with Gasteiger partial charge in [-0.15, -0.1) is 0 Å². The third kappa shape index (κ3) is 3.74. The van der Waals surface area contributed by atoms with Crippen LogP contribution < -0.4 is 5.32 Å². The van der Waals surface area contributed by atoms with E-state index in [0.29, 0.717) is 29.6 Å². The summed E-state index contributed by atoms with van der Waals surface area (Å²) in [5.74, 6) is 0.746. The third-order valence-corrected chi connectivity index (χ3v) is 6.69. The molecule has 0 amide bonds. The molecule has 2 fully saturated rings. The minimum absolute atomic E-state index is 0.248. The van der Waals surface area contributed by atoms with Crippen LogP contribution in [-0.4, -0.2) is 56.0 Å². The summed E-state index contributed by atoms with van der Waals surface area (Å²) < 4.78 is 23.2. The van der Waals surface area contributed by atoms with E-state index in [4.69, 9.17) is 0 Å². The number of hydrogen-bond acceptors (Lipinski definition) is 4. The van der Waals surface area contributed by atoms with E-state index in [9.17, 15) is 8.42 Å². The van der Waals surface area contributed by atoms with Crippen molar-refractivity contribution in [3.05, 3.63) is 0 Å². The van der Waals surface area contributed by atoms with Gasteiger partial charge in [0.25, 0.3) is 0 Å². The molecule has 0 aromatic rings. The highest BCUT2D eigenvalue weighted by Crippen LogP contribution is 2.28. The Morgan fingerprint density at radius 3 is 2.30 bits per heavy atom. The van der Waals surface area contributed by atoms with E-state index in [1.807, 2.05) is 0 Å². The molecule has 2 atom stereocenters. The Morgan fingerprint density at radius 1 is 1.20 bits per heavy atom. The molecule has 2 saturated heterocycles. The van der Waals surface area contributed by atoms with Gasteiger partial charge in [-0.05, 0) is 24.7 Å². The van der Waals surface area contributed by atoms with Crippen molar-refractivity contribution >= 4 is 9.84 Å². The van der Waals surface area contributed by atoms with Crippen LogP contribution in [0.2, 0.25) is 0 Å². The molecule has 2 aliphatic heterocycles. The SMILES string of the molecule is CCC1CNC(C(C)(C)C)CN1C1CCS(=O)(=O)CC1. The lowest BCUT2D eigenvalue weighted by atomic mass is 9.83. The van der Waals surface area contributed by atoms with Gasteiger partial charge in [-0.1, -0.05) is 27.7 Å². The molecule has 118 valence electrons. The first-order valence-corrected chi connectivity index (χ1v) is 9.74. The van der Waals surface area contributed by atoms with Gasteiger partial charge in [0.2, 0.25) is 0 Å². The van der Waals surface area contributed by atoms with Gasteiger partial charge in [0.15, 0.2) is 0 Å². The summed E-state index contributed by atoms with van der Waals surface area (Å²) in [4.78, 5) is 2.60.